The molecule has 0 aliphatic rings. The minimum Gasteiger partial charge on any atom is -0.476 e. The van der Waals surface area contributed by atoms with E-state index in [1.54, 1.807) is 22.9 Å². The molecular formula is C21H15FN6O2. The average molecular weight is 402 g/mol. The fourth-order valence-corrected chi connectivity index (χ4v) is 3.53. The van der Waals surface area contributed by atoms with Crippen LogP contribution in [0, 0.1) is 5.82 Å². The van der Waals surface area contributed by atoms with E-state index in [0.29, 0.717) is 17.0 Å². The molecule has 5 aromatic rings. The number of nitrogen functional groups attached to an aromatic ring is 1. The van der Waals surface area contributed by atoms with E-state index in [-0.39, 0.29) is 23.0 Å². The number of aromatic nitrogens is 5. The second-order valence-electron chi connectivity index (χ2n) is 6.89. The molecule has 0 amide bonds. The third-order valence-corrected chi connectivity index (χ3v) is 4.97. The zero-order chi connectivity index (χ0) is 21.0. The number of anilines is 1. The molecule has 3 heterocycles. The van der Waals surface area contributed by atoms with Crippen molar-refractivity contribution in [3.05, 3.63) is 66.5 Å². The lowest BCUT2D eigenvalue weighted by molar-refractivity contribution is 0.0691. The molecular weight excluding hydrogens is 387 g/mol. The van der Waals surface area contributed by atoms with Gasteiger partial charge >= 0.3 is 5.97 Å². The number of aryl methyl sites for hydroxylation is 1. The van der Waals surface area contributed by atoms with Crippen LogP contribution in [0.4, 0.5) is 10.2 Å². The lowest BCUT2D eigenvalue weighted by Crippen LogP contribution is -2.03. The van der Waals surface area contributed by atoms with Gasteiger partial charge in [0.2, 0.25) is 0 Å². The molecule has 0 aliphatic heterocycles. The molecule has 0 fully saturated rings. The highest BCUT2D eigenvalue weighted by molar-refractivity contribution is 5.91. The van der Waals surface area contributed by atoms with Crippen LogP contribution in [0.3, 0.4) is 0 Å². The highest BCUT2D eigenvalue weighted by Gasteiger charge is 2.21. The van der Waals surface area contributed by atoms with Crippen LogP contribution >= 0.6 is 0 Å². The quantitative estimate of drug-likeness (QED) is 0.479. The number of carboxylic acids is 1. The van der Waals surface area contributed by atoms with Crippen molar-refractivity contribution in [1.29, 1.82) is 0 Å². The van der Waals surface area contributed by atoms with E-state index < -0.39 is 5.97 Å². The van der Waals surface area contributed by atoms with Crippen molar-refractivity contribution in [2.24, 2.45) is 7.05 Å². The molecule has 2 aromatic carbocycles. The molecule has 0 saturated heterocycles. The number of hydrogen-bond acceptors (Lipinski definition) is 5. The Morgan fingerprint density at radius 2 is 1.83 bits per heavy atom. The Kier molecular flexibility index (Phi) is 3.78. The van der Waals surface area contributed by atoms with Crippen LogP contribution in [-0.2, 0) is 7.05 Å². The Labute approximate surface area is 169 Å². The van der Waals surface area contributed by atoms with E-state index in [4.69, 9.17) is 5.73 Å². The van der Waals surface area contributed by atoms with Gasteiger partial charge in [0.05, 0.1) is 28.7 Å². The Bertz CT molecular complexity index is 1450. The van der Waals surface area contributed by atoms with Gasteiger partial charge in [0.15, 0.2) is 17.2 Å². The number of fused-ring (bicyclic) bond motifs is 2. The van der Waals surface area contributed by atoms with Crippen molar-refractivity contribution < 1.29 is 14.3 Å². The molecule has 0 aliphatic carbocycles. The standard InChI is InChI=1S/C21H15FN6O2/c1-27-10-24-14-7-4-12(8-16(14)27)18-17(11-2-5-13(22)6-3-11)26-19(23)20-25-15(21(29)30)9-28(18)20/h2-10H,1H3,(H2,23,26)(H,29,30). The van der Waals surface area contributed by atoms with Crippen molar-refractivity contribution in [3.63, 3.8) is 0 Å². The number of nitrogens with two attached hydrogens (primary N) is 1. The largest absolute Gasteiger partial charge is 0.476 e. The minimum atomic E-state index is -1.17. The zero-order valence-electron chi connectivity index (χ0n) is 15.7. The highest BCUT2D eigenvalue weighted by Crippen LogP contribution is 2.34. The summed E-state index contributed by atoms with van der Waals surface area (Å²) < 4.78 is 17.0. The molecule has 5 rings (SSSR count). The van der Waals surface area contributed by atoms with Gasteiger partial charge in [0.25, 0.3) is 0 Å². The van der Waals surface area contributed by atoms with E-state index in [2.05, 4.69) is 15.0 Å². The number of benzene rings is 2. The topological polar surface area (TPSA) is 111 Å². The molecule has 0 spiro atoms. The van der Waals surface area contributed by atoms with Crippen LogP contribution in [0.1, 0.15) is 10.5 Å². The van der Waals surface area contributed by atoms with Crippen molar-refractivity contribution in [2.75, 3.05) is 5.73 Å². The number of hydrogen-bond donors (Lipinski definition) is 2. The van der Waals surface area contributed by atoms with Crippen LogP contribution in [0.5, 0.6) is 0 Å². The van der Waals surface area contributed by atoms with E-state index >= 15 is 0 Å². The Morgan fingerprint density at radius 1 is 1.10 bits per heavy atom. The molecule has 0 saturated carbocycles. The molecule has 30 heavy (non-hydrogen) atoms. The van der Waals surface area contributed by atoms with Gasteiger partial charge in [-0.3, -0.25) is 4.40 Å². The molecule has 0 atom stereocenters. The number of rotatable bonds is 3. The maximum Gasteiger partial charge on any atom is 0.356 e. The Morgan fingerprint density at radius 3 is 2.57 bits per heavy atom. The number of halogens is 1. The summed E-state index contributed by atoms with van der Waals surface area (Å²) in [5.41, 5.74) is 10.4. The van der Waals surface area contributed by atoms with Gasteiger partial charge in [0, 0.05) is 24.4 Å². The molecule has 3 N–H and O–H groups in total. The van der Waals surface area contributed by atoms with Crippen LogP contribution < -0.4 is 5.73 Å². The summed E-state index contributed by atoms with van der Waals surface area (Å²) in [6, 6.07) is 11.5. The van der Waals surface area contributed by atoms with Gasteiger partial charge in [-0.05, 0) is 36.4 Å². The van der Waals surface area contributed by atoms with Gasteiger partial charge in [0.1, 0.15) is 5.82 Å². The van der Waals surface area contributed by atoms with Crippen LogP contribution in [0.2, 0.25) is 0 Å². The average Bonchev–Trinajstić information content (AvgIpc) is 3.33. The molecule has 9 heteroatoms. The van der Waals surface area contributed by atoms with Crippen LogP contribution in [0.15, 0.2) is 55.0 Å². The van der Waals surface area contributed by atoms with E-state index in [0.717, 1.165) is 16.6 Å². The first-order chi connectivity index (χ1) is 14.4. The summed E-state index contributed by atoms with van der Waals surface area (Å²) in [4.78, 5) is 24.5. The molecule has 0 unspecified atom stereocenters. The van der Waals surface area contributed by atoms with Gasteiger partial charge in [-0.15, -0.1) is 0 Å². The summed E-state index contributed by atoms with van der Waals surface area (Å²) in [5, 5.41) is 9.41. The maximum atomic E-state index is 13.5. The lowest BCUT2D eigenvalue weighted by atomic mass is 10.0. The summed E-state index contributed by atoms with van der Waals surface area (Å²) in [6.07, 6.45) is 3.12. The number of carboxylic acid groups (broad SMARTS) is 1. The maximum absolute atomic E-state index is 13.5. The van der Waals surface area contributed by atoms with Crippen molar-refractivity contribution >= 4 is 28.5 Å². The highest BCUT2D eigenvalue weighted by atomic mass is 19.1. The molecule has 8 nitrogen and oxygen atoms in total. The third kappa shape index (κ3) is 2.67. The summed E-state index contributed by atoms with van der Waals surface area (Å²) >= 11 is 0. The van der Waals surface area contributed by atoms with Crippen molar-refractivity contribution in [3.8, 4) is 22.5 Å². The van der Waals surface area contributed by atoms with E-state index in [1.807, 2.05) is 29.8 Å². The first-order valence-electron chi connectivity index (χ1n) is 9.01. The second-order valence-corrected chi connectivity index (χ2v) is 6.89. The van der Waals surface area contributed by atoms with Crippen LogP contribution in [-0.4, -0.2) is 35.0 Å². The van der Waals surface area contributed by atoms with Crippen LogP contribution in [0.25, 0.3) is 39.2 Å². The summed E-state index contributed by atoms with van der Waals surface area (Å²) in [6.45, 7) is 0. The normalized spacial score (nSPS) is 11.4. The van der Waals surface area contributed by atoms with E-state index in [1.165, 1.54) is 18.3 Å². The summed E-state index contributed by atoms with van der Waals surface area (Å²) in [7, 11) is 1.89. The zero-order valence-corrected chi connectivity index (χ0v) is 15.7. The SMILES string of the molecule is Cn1cnc2ccc(-c3c(-c4ccc(F)cc4)nc(N)c4nc(C(=O)O)cn34)cc21. The molecule has 3 aromatic heterocycles. The Balaban J connectivity index is 1.89. The van der Waals surface area contributed by atoms with Gasteiger partial charge in [-0.2, -0.15) is 0 Å². The van der Waals surface area contributed by atoms with Gasteiger partial charge in [-0.1, -0.05) is 6.07 Å². The van der Waals surface area contributed by atoms with Crippen molar-refractivity contribution in [1.82, 2.24) is 23.9 Å². The molecule has 0 bridgehead atoms. The molecule has 148 valence electrons. The first kappa shape index (κ1) is 17.8. The third-order valence-electron chi connectivity index (χ3n) is 4.97. The summed E-state index contributed by atoms with van der Waals surface area (Å²) in [5.74, 6) is -1.47. The predicted octanol–water partition coefficient (Wildman–Crippen LogP) is 3.37. The van der Waals surface area contributed by atoms with Gasteiger partial charge in [-0.25, -0.2) is 24.1 Å². The number of aromatic carboxylic acids is 1. The molecule has 0 radical (unpaired) electrons. The smallest absolute Gasteiger partial charge is 0.356 e. The fraction of sp³-hybridized carbons (Fsp3) is 0.0476. The second kappa shape index (κ2) is 6.38. The number of carbonyl (C=O) groups is 1. The van der Waals surface area contributed by atoms with Gasteiger partial charge < -0.3 is 15.4 Å². The first-order valence-corrected chi connectivity index (χ1v) is 9.01. The Hall–Kier alpha value is -4.27. The minimum absolute atomic E-state index is 0.0761. The van der Waals surface area contributed by atoms with Crippen molar-refractivity contribution in [2.45, 2.75) is 0 Å². The van der Waals surface area contributed by atoms with E-state index in [9.17, 15) is 14.3 Å². The monoisotopic (exact) mass is 402 g/mol. The predicted molar refractivity (Wildman–Crippen MR) is 109 cm³/mol. The fourth-order valence-electron chi connectivity index (χ4n) is 3.53. The number of imidazole rings is 2. The lowest BCUT2D eigenvalue weighted by Gasteiger charge is -2.14. The number of nitrogens with zero attached hydrogens (tertiary/aromatic N) is 5.